The Bertz CT molecular complexity index is 655. The number of aliphatic hydroxyl groups is 1. The standard InChI is InChI=1S/C19H23N3O/c23-17-7-10-22(11-8-17)19-18(6-3-9-20-19)21-16-12-14-4-1-2-5-15(14)13-16/h1-6,9,16-17,21,23H,7-8,10-13H2. The molecule has 1 saturated heterocycles. The predicted octanol–water partition coefficient (Wildman–Crippen LogP) is 2.62. The molecule has 1 aromatic carbocycles. The number of aromatic nitrogens is 1. The number of piperidine rings is 1. The molecule has 0 atom stereocenters. The SMILES string of the molecule is OC1CCN(c2ncccc2NC2Cc3ccccc3C2)CC1. The van der Waals surface area contributed by atoms with Crippen molar-refractivity contribution in [3.05, 3.63) is 53.7 Å². The van der Waals surface area contributed by atoms with Crippen LogP contribution < -0.4 is 10.2 Å². The Labute approximate surface area is 137 Å². The molecule has 0 unspecified atom stereocenters. The molecule has 0 bridgehead atoms. The third kappa shape index (κ3) is 3.04. The van der Waals surface area contributed by atoms with Crippen LogP contribution in [0.1, 0.15) is 24.0 Å². The highest BCUT2D eigenvalue weighted by atomic mass is 16.3. The van der Waals surface area contributed by atoms with Gasteiger partial charge in [-0.3, -0.25) is 0 Å². The number of fused-ring (bicyclic) bond motifs is 1. The second kappa shape index (κ2) is 6.20. The first-order valence-corrected chi connectivity index (χ1v) is 8.51. The number of rotatable bonds is 3. The summed E-state index contributed by atoms with van der Waals surface area (Å²) in [6, 6.07) is 13.3. The number of pyridine rings is 1. The van der Waals surface area contributed by atoms with E-state index in [1.54, 1.807) is 0 Å². The molecule has 1 aromatic heterocycles. The molecule has 2 heterocycles. The summed E-state index contributed by atoms with van der Waals surface area (Å²) in [5, 5.41) is 13.4. The van der Waals surface area contributed by atoms with Crippen LogP contribution in [-0.4, -0.2) is 35.3 Å². The summed E-state index contributed by atoms with van der Waals surface area (Å²) in [6.45, 7) is 1.75. The first-order valence-electron chi connectivity index (χ1n) is 8.51. The quantitative estimate of drug-likeness (QED) is 0.915. The van der Waals surface area contributed by atoms with E-state index >= 15 is 0 Å². The molecule has 4 heteroatoms. The maximum Gasteiger partial charge on any atom is 0.151 e. The Morgan fingerprint density at radius 1 is 1.00 bits per heavy atom. The van der Waals surface area contributed by atoms with Gasteiger partial charge in [0.15, 0.2) is 5.82 Å². The van der Waals surface area contributed by atoms with Crippen LogP contribution in [0.15, 0.2) is 42.6 Å². The van der Waals surface area contributed by atoms with E-state index in [2.05, 4.69) is 45.5 Å². The average Bonchev–Trinajstić information content (AvgIpc) is 2.98. The lowest BCUT2D eigenvalue weighted by molar-refractivity contribution is 0.145. The highest BCUT2D eigenvalue weighted by Crippen LogP contribution is 2.30. The van der Waals surface area contributed by atoms with Crippen molar-refractivity contribution in [1.29, 1.82) is 0 Å². The molecule has 120 valence electrons. The second-order valence-electron chi connectivity index (χ2n) is 6.61. The summed E-state index contributed by atoms with van der Waals surface area (Å²) < 4.78 is 0. The summed E-state index contributed by atoms with van der Waals surface area (Å²) in [6.07, 6.45) is 5.49. The second-order valence-corrected chi connectivity index (χ2v) is 6.61. The Kier molecular flexibility index (Phi) is 3.92. The molecule has 0 radical (unpaired) electrons. The van der Waals surface area contributed by atoms with Gasteiger partial charge in [-0.15, -0.1) is 0 Å². The van der Waals surface area contributed by atoms with Gasteiger partial charge in [0.1, 0.15) is 0 Å². The molecule has 1 fully saturated rings. The van der Waals surface area contributed by atoms with Crippen molar-refractivity contribution >= 4 is 11.5 Å². The van der Waals surface area contributed by atoms with Gasteiger partial charge in [0.2, 0.25) is 0 Å². The Hall–Kier alpha value is -2.07. The lowest BCUT2D eigenvalue weighted by atomic mass is 10.1. The molecule has 0 amide bonds. The van der Waals surface area contributed by atoms with Crippen LogP contribution in [0, 0.1) is 0 Å². The van der Waals surface area contributed by atoms with Gasteiger partial charge >= 0.3 is 0 Å². The topological polar surface area (TPSA) is 48.4 Å². The van der Waals surface area contributed by atoms with Gasteiger partial charge < -0.3 is 15.3 Å². The van der Waals surface area contributed by atoms with Gasteiger partial charge in [0.25, 0.3) is 0 Å². The average molecular weight is 309 g/mol. The van der Waals surface area contributed by atoms with Crippen LogP contribution in [0.3, 0.4) is 0 Å². The minimum atomic E-state index is -0.157. The lowest BCUT2D eigenvalue weighted by Gasteiger charge is -2.32. The van der Waals surface area contributed by atoms with Crippen LogP contribution in [0.5, 0.6) is 0 Å². The van der Waals surface area contributed by atoms with Crippen molar-refractivity contribution < 1.29 is 5.11 Å². The van der Waals surface area contributed by atoms with Crippen molar-refractivity contribution in [1.82, 2.24) is 4.98 Å². The Morgan fingerprint density at radius 3 is 2.39 bits per heavy atom. The van der Waals surface area contributed by atoms with E-state index < -0.39 is 0 Å². The van der Waals surface area contributed by atoms with Crippen molar-refractivity contribution in [2.24, 2.45) is 0 Å². The van der Waals surface area contributed by atoms with E-state index in [1.807, 2.05) is 12.3 Å². The predicted molar refractivity (Wildman–Crippen MR) is 93.0 cm³/mol. The normalized spacial score (nSPS) is 18.9. The summed E-state index contributed by atoms with van der Waals surface area (Å²) >= 11 is 0. The van der Waals surface area contributed by atoms with Gasteiger partial charge in [0.05, 0.1) is 11.8 Å². The number of anilines is 2. The molecule has 0 spiro atoms. The molecule has 4 nitrogen and oxygen atoms in total. The fourth-order valence-electron chi connectivity index (χ4n) is 3.72. The molecular formula is C19H23N3O. The number of aliphatic hydroxyl groups excluding tert-OH is 1. The maximum atomic E-state index is 9.71. The van der Waals surface area contributed by atoms with Gasteiger partial charge in [-0.2, -0.15) is 0 Å². The molecule has 23 heavy (non-hydrogen) atoms. The van der Waals surface area contributed by atoms with Crippen molar-refractivity contribution in [2.45, 2.75) is 37.8 Å². The first-order chi connectivity index (χ1) is 11.3. The molecule has 1 aliphatic heterocycles. The smallest absolute Gasteiger partial charge is 0.151 e. The zero-order valence-electron chi connectivity index (χ0n) is 13.3. The molecule has 4 rings (SSSR count). The summed E-state index contributed by atoms with van der Waals surface area (Å²) in [5.41, 5.74) is 4.02. The van der Waals surface area contributed by atoms with E-state index in [-0.39, 0.29) is 6.10 Å². The molecule has 1 aliphatic carbocycles. The molecule has 0 saturated carbocycles. The van der Waals surface area contributed by atoms with E-state index in [0.717, 1.165) is 50.3 Å². The fraction of sp³-hybridized carbons (Fsp3) is 0.421. The monoisotopic (exact) mass is 309 g/mol. The zero-order valence-corrected chi connectivity index (χ0v) is 13.3. The van der Waals surface area contributed by atoms with Gasteiger partial charge in [-0.1, -0.05) is 24.3 Å². The molecule has 2 aromatic rings. The van der Waals surface area contributed by atoms with Crippen molar-refractivity contribution in [3.8, 4) is 0 Å². The van der Waals surface area contributed by atoms with E-state index in [9.17, 15) is 5.11 Å². The number of hydrogen-bond acceptors (Lipinski definition) is 4. The number of nitrogens with one attached hydrogen (secondary N) is 1. The third-order valence-electron chi connectivity index (χ3n) is 4.96. The van der Waals surface area contributed by atoms with Gasteiger partial charge in [-0.05, 0) is 48.9 Å². The summed E-state index contributed by atoms with van der Waals surface area (Å²) in [7, 11) is 0. The largest absolute Gasteiger partial charge is 0.393 e. The highest BCUT2D eigenvalue weighted by Gasteiger charge is 2.24. The fourth-order valence-corrected chi connectivity index (χ4v) is 3.72. The molecule has 2 aliphatic rings. The Balaban J connectivity index is 1.50. The Morgan fingerprint density at radius 2 is 1.70 bits per heavy atom. The first kappa shape index (κ1) is 14.5. The van der Waals surface area contributed by atoms with Crippen LogP contribution >= 0.6 is 0 Å². The highest BCUT2D eigenvalue weighted by molar-refractivity contribution is 5.66. The van der Waals surface area contributed by atoms with Gasteiger partial charge in [-0.25, -0.2) is 4.98 Å². The maximum absolute atomic E-state index is 9.71. The van der Waals surface area contributed by atoms with E-state index in [4.69, 9.17) is 0 Å². The third-order valence-corrected chi connectivity index (χ3v) is 4.96. The lowest BCUT2D eigenvalue weighted by Crippen LogP contribution is -2.37. The number of nitrogens with zero attached hydrogens (tertiary/aromatic N) is 2. The summed E-state index contributed by atoms with van der Waals surface area (Å²) in [4.78, 5) is 6.89. The van der Waals surface area contributed by atoms with Crippen LogP contribution in [-0.2, 0) is 12.8 Å². The van der Waals surface area contributed by atoms with Crippen LogP contribution in [0.25, 0.3) is 0 Å². The van der Waals surface area contributed by atoms with E-state index in [1.165, 1.54) is 11.1 Å². The van der Waals surface area contributed by atoms with Crippen LogP contribution in [0.2, 0.25) is 0 Å². The molecular weight excluding hydrogens is 286 g/mol. The number of benzene rings is 1. The number of hydrogen-bond donors (Lipinski definition) is 2. The minimum absolute atomic E-state index is 0.157. The molecule has 2 N–H and O–H groups in total. The zero-order chi connectivity index (χ0) is 15.6. The van der Waals surface area contributed by atoms with Crippen LogP contribution in [0.4, 0.5) is 11.5 Å². The summed E-state index contributed by atoms with van der Waals surface area (Å²) in [5.74, 6) is 1.02. The van der Waals surface area contributed by atoms with Crippen molar-refractivity contribution in [2.75, 3.05) is 23.3 Å². The van der Waals surface area contributed by atoms with Gasteiger partial charge in [0, 0.05) is 25.3 Å². The van der Waals surface area contributed by atoms with E-state index in [0.29, 0.717) is 6.04 Å². The minimum Gasteiger partial charge on any atom is -0.393 e. The van der Waals surface area contributed by atoms with Crippen molar-refractivity contribution in [3.63, 3.8) is 0 Å².